The van der Waals surface area contributed by atoms with Crippen LogP contribution in [0.4, 0.5) is 5.69 Å². The van der Waals surface area contributed by atoms with Crippen molar-refractivity contribution in [2.45, 2.75) is 32.7 Å². The van der Waals surface area contributed by atoms with Gasteiger partial charge in [-0.25, -0.2) is 0 Å². The molecule has 2 heteroatoms. The lowest BCUT2D eigenvalue weighted by Gasteiger charge is -2.17. The summed E-state index contributed by atoms with van der Waals surface area (Å²) < 4.78 is 1.16. The first kappa shape index (κ1) is 14.1. The van der Waals surface area contributed by atoms with Crippen LogP contribution in [0, 0.1) is 6.92 Å². The molecule has 0 heterocycles. The maximum Gasteiger partial charge on any atom is 0.0383 e. The summed E-state index contributed by atoms with van der Waals surface area (Å²) in [5.41, 5.74) is 3.89. The van der Waals surface area contributed by atoms with Gasteiger partial charge in [0.1, 0.15) is 0 Å². The first-order valence-corrected chi connectivity index (χ1v) is 7.51. The number of nitrogens with one attached hydrogen (secondary N) is 1. The minimum atomic E-state index is 0.466. The topological polar surface area (TPSA) is 12.0 Å². The molecule has 2 aromatic carbocycles. The normalized spacial score (nSPS) is 12.2. The van der Waals surface area contributed by atoms with Gasteiger partial charge in [0.15, 0.2) is 0 Å². The molecule has 0 saturated carbocycles. The SMILES string of the molecule is Cc1c(Br)cccc1NC(C)CCc1ccccc1. The van der Waals surface area contributed by atoms with E-state index in [1.54, 1.807) is 0 Å². The molecule has 0 amide bonds. The first-order chi connectivity index (χ1) is 9.16. The van der Waals surface area contributed by atoms with E-state index in [0.29, 0.717) is 6.04 Å². The summed E-state index contributed by atoms with van der Waals surface area (Å²) in [6, 6.07) is 17.4. The smallest absolute Gasteiger partial charge is 0.0383 e. The Hall–Kier alpha value is -1.28. The second kappa shape index (κ2) is 6.76. The molecule has 100 valence electrons. The van der Waals surface area contributed by atoms with Gasteiger partial charge in [0.05, 0.1) is 0 Å². The fourth-order valence-electron chi connectivity index (χ4n) is 2.13. The highest BCUT2D eigenvalue weighted by Crippen LogP contribution is 2.24. The van der Waals surface area contributed by atoms with E-state index in [4.69, 9.17) is 0 Å². The zero-order chi connectivity index (χ0) is 13.7. The van der Waals surface area contributed by atoms with Crippen molar-refractivity contribution in [3.05, 3.63) is 64.1 Å². The van der Waals surface area contributed by atoms with Crippen molar-refractivity contribution in [1.82, 2.24) is 0 Å². The van der Waals surface area contributed by atoms with E-state index in [2.05, 4.69) is 83.6 Å². The molecule has 0 bridgehead atoms. The molecule has 1 unspecified atom stereocenters. The van der Waals surface area contributed by atoms with Gasteiger partial charge in [0, 0.05) is 16.2 Å². The van der Waals surface area contributed by atoms with Crippen LogP contribution in [0.1, 0.15) is 24.5 Å². The molecule has 1 N–H and O–H groups in total. The Bertz CT molecular complexity index is 522. The highest BCUT2D eigenvalue weighted by Gasteiger charge is 2.06. The summed E-state index contributed by atoms with van der Waals surface area (Å²) in [6.45, 7) is 4.37. The van der Waals surface area contributed by atoms with Crippen molar-refractivity contribution < 1.29 is 0 Å². The van der Waals surface area contributed by atoms with E-state index in [1.807, 2.05) is 0 Å². The predicted molar refractivity (Wildman–Crippen MR) is 86.7 cm³/mol. The third-order valence-corrected chi connectivity index (χ3v) is 4.24. The van der Waals surface area contributed by atoms with Gasteiger partial charge in [-0.15, -0.1) is 0 Å². The summed E-state index contributed by atoms with van der Waals surface area (Å²) in [5.74, 6) is 0. The molecule has 0 fully saturated rings. The minimum Gasteiger partial charge on any atom is -0.382 e. The van der Waals surface area contributed by atoms with Crippen LogP contribution in [0.15, 0.2) is 53.0 Å². The van der Waals surface area contributed by atoms with Gasteiger partial charge < -0.3 is 5.32 Å². The Labute approximate surface area is 124 Å². The summed E-state index contributed by atoms with van der Waals surface area (Å²) in [7, 11) is 0. The second-order valence-corrected chi connectivity index (χ2v) is 5.84. The van der Waals surface area contributed by atoms with Crippen LogP contribution in [0.25, 0.3) is 0 Å². The van der Waals surface area contributed by atoms with Gasteiger partial charge in [-0.05, 0) is 49.9 Å². The quantitative estimate of drug-likeness (QED) is 0.800. The van der Waals surface area contributed by atoms with E-state index >= 15 is 0 Å². The van der Waals surface area contributed by atoms with Crippen LogP contribution in [-0.2, 0) is 6.42 Å². The standard InChI is InChI=1S/C17H20BrN/c1-13(11-12-15-7-4-3-5-8-15)19-17-10-6-9-16(18)14(17)2/h3-10,13,19H,11-12H2,1-2H3. The van der Waals surface area contributed by atoms with Crippen molar-refractivity contribution in [2.24, 2.45) is 0 Å². The molecule has 0 saturated heterocycles. The lowest BCUT2D eigenvalue weighted by Crippen LogP contribution is -2.16. The molecule has 19 heavy (non-hydrogen) atoms. The summed E-state index contributed by atoms with van der Waals surface area (Å²) in [5, 5.41) is 3.59. The monoisotopic (exact) mass is 317 g/mol. The summed E-state index contributed by atoms with van der Waals surface area (Å²) >= 11 is 3.57. The lowest BCUT2D eigenvalue weighted by atomic mass is 10.1. The van der Waals surface area contributed by atoms with E-state index in [0.717, 1.165) is 17.3 Å². The number of hydrogen-bond acceptors (Lipinski definition) is 1. The van der Waals surface area contributed by atoms with Gasteiger partial charge in [-0.2, -0.15) is 0 Å². The van der Waals surface area contributed by atoms with Crippen LogP contribution in [-0.4, -0.2) is 6.04 Å². The predicted octanol–water partition coefficient (Wildman–Crippen LogP) is 5.19. The van der Waals surface area contributed by atoms with Crippen molar-refractivity contribution >= 4 is 21.6 Å². The van der Waals surface area contributed by atoms with Crippen LogP contribution in [0.3, 0.4) is 0 Å². The molecule has 0 spiro atoms. The zero-order valence-corrected chi connectivity index (χ0v) is 13.1. The molecular weight excluding hydrogens is 298 g/mol. The van der Waals surface area contributed by atoms with Gasteiger partial charge in [0.25, 0.3) is 0 Å². The van der Waals surface area contributed by atoms with Crippen LogP contribution >= 0.6 is 15.9 Å². The van der Waals surface area contributed by atoms with Crippen molar-refractivity contribution in [1.29, 1.82) is 0 Å². The number of hydrogen-bond donors (Lipinski definition) is 1. The third kappa shape index (κ3) is 4.10. The second-order valence-electron chi connectivity index (χ2n) is 4.98. The van der Waals surface area contributed by atoms with E-state index in [-0.39, 0.29) is 0 Å². The fourth-order valence-corrected chi connectivity index (χ4v) is 2.50. The van der Waals surface area contributed by atoms with Crippen LogP contribution in [0.2, 0.25) is 0 Å². The van der Waals surface area contributed by atoms with Gasteiger partial charge in [-0.1, -0.05) is 52.3 Å². The average Bonchev–Trinajstić information content (AvgIpc) is 2.43. The summed E-state index contributed by atoms with van der Waals surface area (Å²) in [4.78, 5) is 0. The number of aryl methyl sites for hydroxylation is 1. The van der Waals surface area contributed by atoms with E-state index < -0.39 is 0 Å². The highest BCUT2D eigenvalue weighted by molar-refractivity contribution is 9.10. The molecule has 2 aromatic rings. The average molecular weight is 318 g/mol. The van der Waals surface area contributed by atoms with Crippen molar-refractivity contribution in [3.8, 4) is 0 Å². The number of anilines is 1. The third-order valence-electron chi connectivity index (χ3n) is 3.38. The molecule has 0 aliphatic heterocycles. The lowest BCUT2D eigenvalue weighted by molar-refractivity contribution is 0.705. The van der Waals surface area contributed by atoms with Crippen LogP contribution < -0.4 is 5.32 Å². The van der Waals surface area contributed by atoms with E-state index in [9.17, 15) is 0 Å². The Morgan fingerprint density at radius 1 is 1.05 bits per heavy atom. The number of halogens is 1. The Kier molecular flexibility index (Phi) is 5.03. The maximum absolute atomic E-state index is 3.59. The van der Waals surface area contributed by atoms with Gasteiger partial charge >= 0.3 is 0 Å². The Morgan fingerprint density at radius 2 is 1.79 bits per heavy atom. The zero-order valence-electron chi connectivity index (χ0n) is 11.5. The molecule has 0 radical (unpaired) electrons. The fraction of sp³-hybridized carbons (Fsp3) is 0.294. The maximum atomic E-state index is 3.59. The van der Waals surface area contributed by atoms with E-state index in [1.165, 1.54) is 16.8 Å². The molecule has 0 aliphatic rings. The highest BCUT2D eigenvalue weighted by atomic mass is 79.9. The summed E-state index contributed by atoms with van der Waals surface area (Å²) in [6.07, 6.45) is 2.25. The van der Waals surface area contributed by atoms with Gasteiger partial charge in [-0.3, -0.25) is 0 Å². The molecule has 1 atom stereocenters. The van der Waals surface area contributed by atoms with Gasteiger partial charge in [0.2, 0.25) is 0 Å². The molecule has 0 aliphatic carbocycles. The Morgan fingerprint density at radius 3 is 2.53 bits per heavy atom. The number of rotatable bonds is 5. The van der Waals surface area contributed by atoms with Crippen molar-refractivity contribution in [2.75, 3.05) is 5.32 Å². The molecule has 1 nitrogen and oxygen atoms in total. The molecule has 2 rings (SSSR count). The Balaban J connectivity index is 1.91. The molecular formula is C17H20BrN. The van der Waals surface area contributed by atoms with Crippen molar-refractivity contribution in [3.63, 3.8) is 0 Å². The molecule has 0 aromatic heterocycles. The van der Waals surface area contributed by atoms with Crippen LogP contribution in [0.5, 0.6) is 0 Å². The minimum absolute atomic E-state index is 0.466. The largest absolute Gasteiger partial charge is 0.382 e. The number of benzene rings is 2. The first-order valence-electron chi connectivity index (χ1n) is 6.72.